The van der Waals surface area contributed by atoms with Crippen molar-refractivity contribution in [2.75, 3.05) is 11.1 Å². The minimum Gasteiger partial charge on any atom is -0.448 e. The average Bonchev–Trinajstić information content (AvgIpc) is 2.86. The normalized spacial score (nSPS) is 10.4. The summed E-state index contributed by atoms with van der Waals surface area (Å²) in [7, 11) is 0. The van der Waals surface area contributed by atoms with Crippen molar-refractivity contribution in [3.63, 3.8) is 0 Å². The van der Waals surface area contributed by atoms with E-state index in [0.29, 0.717) is 27.9 Å². The molecule has 0 atom stereocenters. The van der Waals surface area contributed by atoms with Crippen molar-refractivity contribution in [2.24, 2.45) is 0 Å². The number of hydrogen-bond acceptors (Lipinski definition) is 5. The summed E-state index contributed by atoms with van der Waals surface area (Å²) in [6, 6.07) is 14.9. The predicted octanol–water partition coefficient (Wildman–Crippen LogP) is 3.82. The molecule has 0 amide bonds. The van der Waals surface area contributed by atoms with Gasteiger partial charge in [-0.25, -0.2) is 4.98 Å². The van der Waals surface area contributed by atoms with Gasteiger partial charge in [0.05, 0.1) is 0 Å². The summed E-state index contributed by atoms with van der Waals surface area (Å²) >= 11 is 3.26. The first-order valence-corrected chi connectivity index (χ1v) is 6.72. The summed E-state index contributed by atoms with van der Waals surface area (Å²) in [6.45, 7) is 0. The van der Waals surface area contributed by atoms with E-state index < -0.39 is 0 Å². The Hall–Kier alpha value is -2.34. The molecule has 0 fully saturated rings. The molecule has 0 aliphatic heterocycles. The molecule has 0 aliphatic carbocycles. The van der Waals surface area contributed by atoms with Gasteiger partial charge >= 0.3 is 0 Å². The molecule has 0 bridgehead atoms. The van der Waals surface area contributed by atoms with E-state index in [-0.39, 0.29) is 0 Å². The summed E-state index contributed by atoms with van der Waals surface area (Å²) in [5.41, 5.74) is 7.33. The molecule has 0 saturated carbocycles. The van der Waals surface area contributed by atoms with Gasteiger partial charge in [-0.15, -0.1) is 0 Å². The summed E-state index contributed by atoms with van der Waals surface area (Å²) in [6.07, 6.45) is 0. The zero-order chi connectivity index (χ0) is 13.9. The monoisotopic (exact) mass is 330 g/mol. The number of para-hydroxylation sites is 1. The van der Waals surface area contributed by atoms with Crippen LogP contribution in [0.25, 0.3) is 11.5 Å². The van der Waals surface area contributed by atoms with Crippen LogP contribution in [0, 0.1) is 0 Å². The first kappa shape index (κ1) is 12.7. The Morgan fingerprint density at radius 1 is 1.05 bits per heavy atom. The van der Waals surface area contributed by atoms with E-state index in [1.807, 2.05) is 36.4 Å². The van der Waals surface area contributed by atoms with Gasteiger partial charge in [0.25, 0.3) is 0 Å². The molecular formula is C14H11BrN4O. The maximum Gasteiger partial charge on any atom is 0.229 e. The molecule has 5 nitrogen and oxygen atoms in total. The Bertz CT molecular complexity index is 727. The first-order chi connectivity index (χ1) is 9.70. The van der Waals surface area contributed by atoms with Crippen LogP contribution in [-0.4, -0.2) is 9.97 Å². The fourth-order valence-electron chi connectivity index (χ4n) is 1.75. The van der Waals surface area contributed by atoms with E-state index >= 15 is 0 Å². The second-order valence-electron chi connectivity index (χ2n) is 4.10. The minimum atomic E-state index is 0.376. The quantitative estimate of drug-likeness (QED) is 0.763. The van der Waals surface area contributed by atoms with Crippen LogP contribution in [0.15, 0.2) is 57.6 Å². The van der Waals surface area contributed by atoms with E-state index in [2.05, 4.69) is 31.2 Å². The molecule has 3 rings (SSSR count). The Morgan fingerprint density at radius 3 is 2.55 bits per heavy atom. The van der Waals surface area contributed by atoms with Gasteiger partial charge in [0.2, 0.25) is 5.95 Å². The Balaban J connectivity index is 1.95. The molecule has 0 radical (unpaired) electrons. The number of anilines is 3. The molecule has 3 aromatic rings. The van der Waals surface area contributed by atoms with Crippen molar-refractivity contribution in [3.8, 4) is 11.5 Å². The second-order valence-corrected chi connectivity index (χ2v) is 4.88. The standard InChI is InChI=1S/C14H11BrN4O/c15-12-7-6-11(20-12)10-8-13(16)19-14(18-10)17-9-4-2-1-3-5-9/h1-8H,(H3,16,17,18,19). The van der Waals surface area contributed by atoms with Crippen molar-refractivity contribution in [3.05, 3.63) is 53.2 Å². The molecule has 1 aromatic carbocycles. The van der Waals surface area contributed by atoms with E-state index in [1.165, 1.54) is 0 Å². The van der Waals surface area contributed by atoms with E-state index in [0.717, 1.165) is 5.69 Å². The third-order valence-corrected chi connectivity index (χ3v) is 3.03. The number of nitrogens with zero attached hydrogens (tertiary/aromatic N) is 2. The molecule has 0 saturated heterocycles. The number of nitrogens with two attached hydrogens (primary N) is 1. The highest BCUT2D eigenvalue weighted by Gasteiger charge is 2.09. The van der Waals surface area contributed by atoms with Crippen LogP contribution in [0.4, 0.5) is 17.5 Å². The minimum absolute atomic E-state index is 0.376. The highest BCUT2D eigenvalue weighted by atomic mass is 79.9. The highest BCUT2D eigenvalue weighted by molar-refractivity contribution is 9.10. The third-order valence-electron chi connectivity index (χ3n) is 2.60. The van der Waals surface area contributed by atoms with Gasteiger partial charge in [0.15, 0.2) is 10.4 Å². The van der Waals surface area contributed by atoms with Crippen LogP contribution in [0.5, 0.6) is 0 Å². The van der Waals surface area contributed by atoms with E-state index in [9.17, 15) is 0 Å². The molecular weight excluding hydrogens is 320 g/mol. The lowest BCUT2D eigenvalue weighted by molar-refractivity contribution is 0.553. The van der Waals surface area contributed by atoms with Gasteiger partial charge in [0, 0.05) is 11.8 Å². The molecule has 6 heteroatoms. The number of nitrogens with one attached hydrogen (secondary N) is 1. The number of rotatable bonds is 3. The van der Waals surface area contributed by atoms with Crippen LogP contribution < -0.4 is 11.1 Å². The lowest BCUT2D eigenvalue weighted by Crippen LogP contribution is -2.01. The van der Waals surface area contributed by atoms with Gasteiger partial charge in [-0.05, 0) is 40.2 Å². The van der Waals surface area contributed by atoms with Crippen molar-refractivity contribution >= 4 is 33.4 Å². The molecule has 100 valence electrons. The summed E-state index contributed by atoms with van der Waals surface area (Å²) in [4.78, 5) is 8.56. The molecule has 0 aliphatic rings. The largest absolute Gasteiger partial charge is 0.448 e. The number of furan rings is 1. The number of nitrogen functional groups attached to an aromatic ring is 1. The summed E-state index contributed by atoms with van der Waals surface area (Å²) in [5.74, 6) is 1.43. The molecule has 0 spiro atoms. The lowest BCUT2D eigenvalue weighted by atomic mass is 10.3. The molecule has 20 heavy (non-hydrogen) atoms. The van der Waals surface area contributed by atoms with Gasteiger partial charge in [0.1, 0.15) is 11.5 Å². The summed E-state index contributed by atoms with van der Waals surface area (Å²) in [5, 5.41) is 3.11. The van der Waals surface area contributed by atoms with Crippen LogP contribution in [0.2, 0.25) is 0 Å². The Labute approximate surface area is 124 Å². The maximum absolute atomic E-state index is 5.81. The maximum atomic E-state index is 5.81. The van der Waals surface area contributed by atoms with Crippen LogP contribution in [0.1, 0.15) is 0 Å². The topological polar surface area (TPSA) is 77.0 Å². The van der Waals surface area contributed by atoms with Gasteiger partial charge in [-0.3, -0.25) is 0 Å². The smallest absolute Gasteiger partial charge is 0.229 e. The fraction of sp³-hybridized carbons (Fsp3) is 0. The molecule has 3 N–H and O–H groups in total. The molecule has 0 unspecified atom stereocenters. The van der Waals surface area contributed by atoms with Crippen LogP contribution >= 0.6 is 15.9 Å². The van der Waals surface area contributed by atoms with Crippen LogP contribution in [0.3, 0.4) is 0 Å². The van der Waals surface area contributed by atoms with Crippen molar-refractivity contribution < 1.29 is 4.42 Å². The average molecular weight is 331 g/mol. The van der Waals surface area contributed by atoms with Gasteiger partial charge in [-0.2, -0.15) is 4.98 Å². The van der Waals surface area contributed by atoms with Gasteiger partial charge < -0.3 is 15.5 Å². The number of aromatic nitrogens is 2. The Morgan fingerprint density at radius 2 is 1.85 bits per heavy atom. The number of hydrogen-bond donors (Lipinski definition) is 2. The fourth-order valence-corrected chi connectivity index (χ4v) is 2.06. The van der Waals surface area contributed by atoms with Crippen LogP contribution in [-0.2, 0) is 0 Å². The van der Waals surface area contributed by atoms with Crippen molar-refractivity contribution in [1.29, 1.82) is 0 Å². The molecule has 2 aromatic heterocycles. The first-order valence-electron chi connectivity index (χ1n) is 5.93. The van der Waals surface area contributed by atoms with Crippen molar-refractivity contribution in [1.82, 2.24) is 9.97 Å². The third kappa shape index (κ3) is 2.80. The zero-order valence-electron chi connectivity index (χ0n) is 10.4. The van der Waals surface area contributed by atoms with Crippen molar-refractivity contribution in [2.45, 2.75) is 0 Å². The Kier molecular flexibility index (Phi) is 3.39. The second kappa shape index (κ2) is 5.34. The van der Waals surface area contributed by atoms with E-state index in [4.69, 9.17) is 10.2 Å². The lowest BCUT2D eigenvalue weighted by Gasteiger charge is -2.06. The van der Waals surface area contributed by atoms with Gasteiger partial charge in [-0.1, -0.05) is 18.2 Å². The predicted molar refractivity (Wildman–Crippen MR) is 81.6 cm³/mol. The SMILES string of the molecule is Nc1cc(-c2ccc(Br)o2)nc(Nc2ccccc2)n1. The molecule has 2 heterocycles. The number of benzene rings is 1. The summed E-state index contributed by atoms with van der Waals surface area (Å²) < 4.78 is 6.11. The van der Waals surface area contributed by atoms with E-state index in [1.54, 1.807) is 12.1 Å². The highest BCUT2D eigenvalue weighted by Crippen LogP contribution is 2.26. The zero-order valence-corrected chi connectivity index (χ0v) is 12.0. The number of halogens is 1.